The van der Waals surface area contributed by atoms with E-state index in [1.807, 2.05) is 39.8 Å². The topological polar surface area (TPSA) is 141 Å². The smallest absolute Gasteiger partial charge is 0.255 e. The molecule has 0 aromatic carbocycles. The van der Waals surface area contributed by atoms with Crippen LogP contribution in [0, 0.1) is 13.8 Å². The van der Waals surface area contributed by atoms with Crippen molar-refractivity contribution in [3.8, 4) is 0 Å². The molecule has 1 aliphatic heterocycles. The number of nitrogens with one attached hydrogen (secondary N) is 3. The zero-order valence-corrected chi connectivity index (χ0v) is 21.3. The largest absolute Gasteiger partial charge is 0.332 e. The predicted molar refractivity (Wildman–Crippen MR) is 135 cm³/mol. The minimum absolute atomic E-state index is 0.151. The standard InChI is InChI=1S/C24H30N6O4S/c1-13(2)30(12-19-14(3)8-15(4)27-23(19)31)24(32)17-10-20(28-22-18(17)11-26-29-22)16-6-7-25-21(9-16)35(5,33)34/h6,8,10-11,13,21,25H,7,9,12H2,1-5H3,(H,27,31)(H,26,28,29). The molecule has 0 spiro atoms. The maximum atomic E-state index is 13.9. The van der Waals surface area contributed by atoms with Crippen molar-refractivity contribution in [2.24, 2.45) is 0 Å². The number of aromatic nitrogens is 4. The molecule has 1 unspecified atom stereocenters. The Morgan fingerprint density at radius 1 is 1.26 bits per heavy atom. The van der Waals surface area contributed by atoms with Gasteiger partial charge in [0.05, 0.1) is 29.4 Å². The second kappa shape index (κ2) is 9.38. The molecule has 4 rings (SSSR count). The number of aryl methyl sites for hydroxylation is 2. The van der Waals surface area contributed by atoms with Crippen LogP contribution in [0.2, 0.25) is 0 Å². The molecule has 3 aromatic rings. The van der Waals surface area contributed by atoms with Crippen molar-refractivity contribution in [1.29, 1.82) is 0 Å². The summed E-state index contributed by atoms with van der Waals surface area (Å²) in [5.41, 5.74) is 4.00. The van der Waals surface area contributed by atoms with Crippen molar-refractivity contribution < 1.29 is 13.2 Å². The monoisotopic (exact) mass is 498 g/mol. The highest BCUT2D eigenvalue weighted by atomic mass is 32.2. The fourth-order valence-electron chi connectivity index (χ4n) is 4.34. The van der Waals surface area contributed by atoms with Crippen LogP contribution in [-0.4, -0.2) is 63.6 Å². The first-order valence-corrected chi connectivity index (χ1v) is 13.4. The summed E-state index contributed by atoms with van der Waals surface area (Å²) in [6.45, 7) is 8.01. The molecule has 11 heteroatoms. The number of fused-ring (bicyclic) bond motifs is 1. The second-order valence-electron chi connectivity index (χ2n) is 9.32. The van der Waals surface area contributed by atoms with Gasteiger partial charge >= 0.3 is 0 Å². The Kier molecular flexibility index (Phi) is 6.65. The third kappa shape index (κ3) is 5.06. The molecule has 3 N–H and O–H groups in total. The van der Waals surface area contributed by atoms with Gasteiger partial charge in [0, 0.05) is 36.5 Å². The number of sulfone groups is 1. The molecule has 4 heterocycles. The SMILES string of the molecule is Cc1cc(C)c(CN(C(=O)c2cc(C3=CCNC(S(C)(=O)=O)C3)nc3[nH]ncc23)C(C)C)c(=O)[nH]1. The first-order valence-electron chi connectivity index (χ1n) is 11.4. The zero-order valence-electron chi connectivity index (χ0n) is 20.5. The molecule has 35 heavy (non-hydrogen) atoms. The number of carbonyl (C=O) groups is 1. The lowest BCUT2D eigenvalue weighted by Gasteiger charge is -2.28. The van der Waals surface area contributed by atoms with E-state index in [0.717, 1.165) is 16.8 Å². The van der Waals surface area contributed by atoms with Crippen molar-refractivity contribution in [3.63, 3.8) is 0 Å². The molecule has 186 valence electrons. The minimum Gasteiger partial charge on any atom is -0.332 e. The molecule has 1 amide bonds. The second-order valence-corrected chi connectivity index (χ2v) is 11.5. The van der Waals surface area contributed by atoms with Crippen molar-refractivity contribution in [2.45, 2.75) is 52.1 Å². The molecule has 0 saturated carbocycles. The van der Waals surface area contributed by atoms with Gasteiger partial charge in [-0.1, -0.05) is 6.08 Å². The van der Waals surface area contributed by atoms with E-state index in [1.54, 1.807) is 17.2 Å². The van der Waals surface area contributed by atoms with Gasteiger partial charge in [0.15, 0.2) is 15.5 Å². The van der Waals surface area contributed by atoms with Gasteiger partial charge in [-0.25, -0.2) is 13.4 Å². The average molecular weight is 499 g/mol. The number of rotatable bonds is 6. The number of H-pyrrole nitrogens is 2. The molecule has 1 aliphatic rings. The van der Waals surface area contributed by atoms with Crippen molar-refractivity contribution >= 4 is 32.4 Å². The van der Waals surface area contributed by atoms with Gasteiger partial charge < -0.3 is 9.88 Å². The quantitative estimate of drug-likeness (QED) is 0.472. The molecule has 10 nitrogen and oxygen atoms in total. The van der Waals surface area contributed by atoms with E-state index in [4.69, 9.17) is 0 Å². The van der Waals surface area contributed by atoms with Crippen molar-refractivity contribution in [1.82, 2.24) is 30.4 Å². The summed E-state index contributed by atoms with van der Waals surface area (Å²) in [6, 6.07) is 3.40. The molecule has 0 bridgehead atoms. The van der Waals surface area contributed by atoms with E-state index < -0.39 is 15.2 Å². The average Bonchev–Trinajstić information content (AvgIpc) is 3.25. The van der Waals surface area contributed by atoms with E-state index in [9.17, 15) is 18.0 Å². The van der Waals surface area contributed by atoms with Crippen LogP contribution < -0.4 is 10.9 Å². The number of carbonyl (C=O) groups excluding carboxylic acids is 1. The number of pyridine rings is 2. The summed E-state index contributed by atoms with van der Waals surface area (Å²) in [7, 11) is -3.30. The molecule has 0 radical (unpaired) electrons. The van der Waals surface area contributed by atoms with Gasteiger partial charge in [0.1, 0.15) is 5.37 Å². The van der Waals surface area contributed by atoms with Crippen LogP contribution in [0.5, 0.6) is 0 Å². The highest BCUT2D eigenvalue weighted by Gasteiger charge is 2.28. The lowest BCUT2D eigenvalue weighted by molar-refractivity contribution is 0.0691. The Bertz CT molecular complexity index is 1490. The molecular formula is C24H30N6O4S. The van der Waals surface area contributed by atoms with Crippen LogP contribution in [0.1, 0.15) is 53.1 Å². The van der Waals surface area contributed by atoms with Crippen LogP contribution in [0.3, 0.4) is 0 Å². The summed E-state index contributed by atoms with van der Waals surface area (Å²) in [6.07, 6.45) is 4.88. The fraction of sp³-hybridized carbons (Fsp3) is 0.417. The molecule has 0 saturated heterocycles. The van der Waals surface area contributed by atoms with Crippen LogP contribution in [0.25, 0.3) is 16.6 Å². The minimum atomic E-state index is -3.30. The highest BCUT2D eigenvalue weighted by Crippen LogP contribution is 2.28. The van der Waals surface area contributed by atoms with E-state index >= 15 is 0 Å². The Hall–Kier alpha value is -3.31. The van der Waals surface area contributed by atoms with Crippen LogP contribution in [-0.2, 0) is 16.4 Å². The van der Waals surface area contributed by atoms with Crippen molar-refractivity contribution in [3.05, 3.63) is 62.8 Å². The van der Waals surface area contributed by atoms with Gasteiger partial charge in [-0.2, -0.15) is 5.10 Å². The predicted octanol–water partition coefficient (Wildman–Crippen LogP) is 2.06. The van der Waals surface area contributed by atoms with Crippen LogP contribution >= 0.6 is 0 Å². The molecule has 0 aliphatic carbocycles. The number of hydrogen-bond donors (Lipinski definition) is 3. The van der Waals surface area contributed by atoms with Crippen molar-refractivity contribution in [2.75, 3.05) is 12.8 Å². The van der Waals surface area contributed by atoms with Gasteiger partial charge in [0.25, 0.3) is 11.5 Å². The Labute approximate surface area is 203 Å². The Morgan fingerprint density at radius 3 is 2.66 bits per heavy atom. The zero-order chi connectivity index (χ0) is 25.5. The third-order valence-electron chi connectivity index (χ3n) is 6.30. The fourth-order valence-corrected chi connectivity index (χ4v) is 5.22. The lowest BCUT2D eigenvalue weighted by Crippen LogP contribution is -2.39. The first-order chi connectivity index (χ1) is 16.5. The van der Waals surface area contributed by atoms with Gasteiger partial charge in [-0.15, -0.1) is 0 Å². The normalized spacial score (nSPS) is 16.5. The third-order valence-corrected chi connectivity index (χ3v) is 7.67. The summed E-state index contributed by atoms with van der Waals surface area (Å²) >= 11 is 0. The van der Waals surface area contributed by atoms with E-state index in [1.165, 1.54) is 6.26 Å². The number of amides is 1. The molecule has 1 atom stereocenters. The van der Waals surface area contributed by atoms with Crippen LogP contribution in [0.4, 0.5) is 0 Å². The number of hydrogen-bond acceptors (Lipinski definition) is 7. The number of nitrogens with zero attached hydrogens (tertiary/aromatic N) is 3. The van der Waals surface area contributed by atoms with Gasteiger partial charge in [-0.3, -0.25) is 20.0 Å². The first kappa shape index (κ1) is 24.8. The lowest BCUT2D eigenvalue weighted by atomic mass is 10.0. The van der Waals surface area contributed by atoms with Crippen LogP contribution in [0.15, 0.2) is 29.2 Å². The van der Waals surface area contributed by atoms with Gasteiger partial charge in [-0.05, 0) is 51.0 Å². The highest BCUT2D eigenvalue weighted by molar-refractivity contribution is 7.91. The van der Waals surface area contributed by atoms with Gasteiger partial charge in [0.2, 0.25) is 0 Å². The maximum absolute atomic E-state index is 13.9. The summed E-state index contributed by atoms with van der Waals surface area (Å²) in [5.74, 6) is -0.261. The van der Waals surface area contributed by atoms with E-state index in [2.05, 4.69) is 25.5 Å². The molecule has 3 aromatic heterocycles. The maximum Gasteiger partial charge on any atom is 0.255 e. The molecule has 0 fully saturated rings. The van der Waals surface area contributed by atoms with E-state index in [0.29, 0.717) is 34.4 Å². The summed E-state index contributed by atoms with van der Waals surface area (Å²) in [4.78, 5) is 35.6. The summed E-state index contributed by atoms with van der Waals surface area (Å²) < 4.78 is 24.2. The number of aromatic amines is 2. The summed E-state index contributed by atoms with van der Waals surface area (Å²) in [5, 5.41) is 9.73. The Morgan fingerprint density at radius 2 is 2.00 bits per heavy atom. The van der Waals surface area contributed by atoms with E-state index in [-0.39, 0.29) is 30.5 Å². The molecular weight excluding hydrogens is 468 g/mol. The Balaban J connectivity index is 1.76.